The number of pyridine rings is 2. The van der Waals surface area contributed by atoms with Crippen molar-refractivity contribution in [2.75, 3.05) is 47.8 Å². The third-order valence-electron chi connectivity index (χ3n) is 5.82. The zero-order chi connectivity index (χ0) is 19.1. The SMILES string of the molecule is O=C1Nc2cc(CN3CCN(c4ccc(Cl)cn4)CC3)cnc2N2CCCC12. The van der Waals surface area contributed by atoms with Crippen LogP contribution in [0, 0.1) is 0 Å². The Bertz CT molecular complexity index is 881. The Morgan fingerprint density at radius 1 is 1.11 bits per heavy atom. The van der Waals surface area contributed by atoms with Crippen molar-refractivity contribution < 1.29 is 4.79 Å². The number of halogens is 1. The zero-order valence-electron chi connectivity index (χ0n) is 15.6. The highest BCUT2D eigenvalue weighted by Gasteiger charge is 2.37. The van der Waals surface area contributed by atoms with Crippen LogP contribution in [-0.4, -0.2) is 59.5 Å². The maximum atomic E-state index is 12.3. The Morgan fingerprint density at radius 2 is 1.96 bits per heavy atom. The Kier molecular flexibility index (Phi) is 4.56. The van der Waals surface area contributed by atoms with Crippen molar-refractivity contribution >= 4 is 34.8 Å². The third kappa shape index (κ3) is 3.29. The molecule has 0 aliphatic carbocycles. The van der Waals surface area contributed by atoms with Crippen LogP contribution in [0.3, 0.4) is 0 Å². The van der Waals surface area contributed by atoms with E-state index in [0.29, 0.717) is 5.02 Å². The first-order valence-corrected chi connectivity index (χ1v) is 10.2. The number of piperazine rings is 1. The highest BCUT2D eigenvalue weighted by molar-refractivity contribution is 6.30. The summed E-state index contributed by atoms with van der Waals surface area (Å²) in [5, 5.41) is 3.71. The number of carbonyl (C=O) groups is 1. The molecule has 2 saturated heterocycles. The summed E-state index contributed by atoms with van der Waals surface area (Å²) in [7, 11) is 0. The molecule has 3 aliphatic rings. The summed E-state index contributed by atoms with van der Waals surface area (Å²) in [4.78, 5) is 28.3. The normalized spacial score (nSPS) is 22.0. The minimum Gasteiger partial charge on any atom is -0.354 e. The van der Waals surface area contributed by atoms with Crippen molar-refractivity contribution in [3.63, 3.8) is 0 Å². The average molecular weight is 399 g/mol. The molecule has 5 heterocycles. The van der Waals surface area contributed by atoms with Gasteiger partial charge in [0, 0.05) is 51.7 Å². The van der Waals surface area contributed by atoms with E-state index in [0.717, 1.165) is 75.0 Å². The minimum atomic E-state index is -0.0413. The predicted octanol–water partition coefficient (Wildman–Crippen LogP) is 2.37. The van der Waals surface area contributed by atoms with Gasteiger partial charge in [-0.25, -0.2) is 9.97 Å². The number of rotatable bonds is 3. The Morgan fingerprint density at radius 3 is 2.75 bits per heavy atom. The van der Waals surface area contributed by atoms with Gasteiger partial charge in [-0.15, -0.1) is 0 Å². The van der Waals surface area contributed by atoms with Gasteiger partial charge >= 0.3 is 0 Å². The topological polar surface area (TPSA) is 64.6 Å². The van der Waals surface area contributed by atoms with E-state index in [9.17, 15) is 4.79 Å². The molecule has 7 nitrogen and oxygen atoms in total. The standard InChI is InChI=1S/C20H23ClN6O/c21-15-3-4-18(22-12-15)26-8-6-25(7-9-26)13-14-10-16-19(23-11-14)27-5-1-2-17(27)20(28)24-16/h3-4,10-12,17H,1-2,5-9,13H2,(H,24,28). The molecule has 1 unspecified atom stereocenters. The van der Waals surface area contributed by atoms with Gasteiger partial charge in [0.15, 0.2) is 5.82 Å². The van der Waals surface area contributed by atoms with Gasteiger partial charge in [-0.3, -0.25) is 9.69 Å². The Hall–Kier alpha value is -2.38. The second-order valence-corrected chi connectivity index (χ2v) is 8.09. The fourth-order valence-corrected chi connectivity index (χ4v) is 4.48. The molecule has 146 valence electrons. The van der Waals surface area contributed by atoms with Gasteiger partial charge in [-0.05, 0) is 36.6 Å². The van der Waals surface area contributed by atoms with Crippen LogP contribution in [0.1, 0.15) is 18.4 Å². The summed E-state index contributed by atoms with van der Waals surface area (Å²) >= 11 is 5.93. The quantitative estimate of drug-likeness (QED) is 0.856. The number of hydrogen-bond donors (Lipinski definition) is 1. The van der Waals surface area contributed by atoms with Crippen LogP contribution >= 0.6 is 11.6 Å². The number of nitrogens with zero attached hydrogens (tertiary/aromatic N) is 5. The second kappa shape index (κ2) is 7.22. The molecular weight excluding hydrogens is 376 g/mol. The number of anilines is 3. The molecule has 8 heteroatoms. The Balaban J connectivity index is 1.23. The zero-order valence-corrected chi connectivity index (χ0v) is 16.4. The number of aromatic nitrogens is 2. The molecule has 2 aromatic heterocycles. The van der Waals surface area contributed by atoms with Crippen molar-refractivity contribution in [1.29, 1.82) is 0 Å². The molecule has 0 spiro atoms. The lowest BCUT2D eigenvalue weighted by atomic mass is 10.1. The van der Waals surface area contributed by atoms with Crippen LogP contribution < -0.4 is 15.1 Å². The van der Waals surface area contributed by atoms with Gasteiger partial charge in [0.05, 0.1) is 10.7 Å². The van der Waals surface area contributed by atoms with Gasteiger partial charge < -0.3 is 15.1 Å². The van der Waals surface area contributed by atoms with Crippen LogP contribution in [0.2, 0.25) is 5.02 Å². The summed E-state index contributed by atoms with van der Waals surface area (Å²) in [6.07, 6.45) is 5.62. The number of carbonyl (C=O) groups excluding carboxylic acids is 1. The lowest BCUT2D eigenvalue weighted by molar-refractivity contribution is -0.117. The average Bonchev–Trinajstić information content (AvgIpc) is 3.20. The van der Waals surface area contributed by atoms with E-state index in [-0.39, 0.29) is 11.9 Å². The second-order valence-electron chi connectivity index (χ2n) is 7.65. The van der Waals surface area contributed by atoms with Crippen molar-refractivity contribution in [1.82, 2.24) is 14.9 Å². The van der Waals surface area contributed by atoms with Gasteiger partial charge in [0.1, 0.15) is 11.9 Å². The fraction of sp³-hybridized carbons (Fsp3) is 0.450. The predicted molar refractivity (Wildman–Crippen MR) is 110 cm³/mol. The van der Waals surface area contributed by atoms with E-state index in [1.54, 1.807) is 6.20 Å². The maximum Gasteiger partial charge on any atom is 0.247 e. The largest absolute Gasteiger partial charge is 0.354 e. The number of hydrogen-bond acceptors (Lipinski definition) is 6. The maximum absolute atomic E-state index is 12.3. The molecule has 0 saturated carbocycles. The van der Waals surface area contributed by atoms with E-state index < -0.39 is 0 Å². The van der Waals surface area contributed by atoms with E-state index in [2.05, 4.69) is 36.1 Å². The lowest BCUT2D eigenvalue weighted by Crippen LogP contribution is -2.46. The number of fused-ring (bicyclic) bond motifs is 3. The molecule has 0 aromatic carbocycles. The summed E-state index contributed by atoms with van der Waals surface area (Å²) in [5.41, 5.74) is 1.99. The summed E-state index contributed by atoms with van der Waals surface area (Å²) < 4.78 is 0. The Labute approximate surface area is 169 Å². The van der Waals surface area contributed by atoms with Crippen molar-refractivity contribution in [2.24, 2.45) is 0 Å². The molecule has 1 atom stereocenters. The highest BCUT2D eigenvalue weighted by Crippen LogP contribution is 2.35. The van der Waals surface area contributed by atoms with Crippen LogP contribution in [-0.2, 0) is 11.3 Å². The molecule has 0 bridgehead atoms. The molecule has 1 amide bonds. The molecule has 0 radical (unpaired) electrons. The minimum absolute atomic E-state index is 0.0413. The van der Waals surface area contributed by atoms with Gasteiger partial charge in [-0.1, -0.05) is 11.6 Å². The van der Waals surface area contributed by atoms with Crippen LogP contribution in [0.15, 0.2) is 30.6 Å². The molecule has 5 rings (SSSR count). The van der Waals surface area contributed by atoms with E-state index >= 15 is 0 Å². The first kappa shape index (κ1) is 17.7. The van der Waals surface area contributed by atoms with Crippen LogP contribution in [0.5, 0.6) is 0 Å². The van der Waals surface area contributed by atoms with Crippen molar-refractivity contribution in [3.8, 4) is 0 Å². The van der Waals surface area contributed by atoms with Crippen molar-refractivity contribution in [3.05, 3.63) is 41.2 Å². The van der Waals surface area contributed by atoms with Gasteiger partial charge in [0.2, 0.25) is 5.91 Å². The van der Waals surface area contributed by atoms with Gasteiger partial charge in [-0.2, -0.15) is 0 Å². The third-order valence-corrected chi connectivity index (χ3v) is 6.05. The summed E-state index contributed by atoms with van der Waals surface area (Å²) in [6, 6.07) is 5.90. The van der Waals surface area contributed by atoms with E-state index in [1.165, 1.54) is 0 Å². The lowest BCUT2D eigenvalue weighted by Gasteiger charge is -2.36. The number of nitrogens with one attached hydrogen (secondary N) is 1. The van der Waals surface area contributed by atoms with Gasteiger partial charge in [0.25, 0.3) is 0 Å². The molecule has 28 heavy (non-hydrogen) atoms. The molecule has 3 aliphatic heterocycles. The van der Waals surface area contributed by atoms with Crippen LogP contribution in [0.25, 0.3) is 0 Å². The molecule has 2 aromatic rings. The molecular formula is C20H23ClN6O. The molecule has 1 N–H and O–H groups in total. The highest BCUT2D eigenvalue weighted by atomic mass is 35.5. The van der Waals surface area contributed by atoms with Crippen LogP contribution in [0.4, 0.5) is 17.3 Å². The summed E-state index contributed by atoms with van der Waals surface area (Å²) in [5.74, 6) is 2.00. The first-order valence-electron chi connectivity index (χ1n) is 9.83. The van der Waals surface area contributed by atoms with Crippen molar-refractivity contribution in [2.45, 2.75) is 25.4 Å². The smallest absolute Gasteiger partial charge is 0.247 e. The molecule has 2 fully saturated rings. The fourth-order valence-electron chi connectivity index (χ4n) is 4.37. The van der Waals surface area contributed by atoms with E-state index in [1.807, 2.05) is 18.3 Å². The number of amides is 1. The monoisotopic (exact) mass is 398 g/mol. The summed E-state index contributed by atoms with van der Waals surface area (Å²) in [6.45, 7) is 5.53. The van der Waals surface area contributed by atoms with E-state index in [4.69, 9.17) is 11.6 Å². The first-order chi connectivity index (χ1) is 13.7.